The fourth-order valence-electron chi connectivity index (χ4n) is 3.34. The highest BCUT2D eigenvalue weighted by Crippen LogP contribution is 2.23. The van der Waals surface area contributed by atoms with E-state index >= 15 is 0 Å². The topological polar surface area (TPSA) is 45.2 Å². The molecular weight excluding hydrogens is 358 g/mol. The van der Waals surface area contributed by atoms with E-state index in [1.54, 1.807) is 12.3 Å². The van der Waals surface area contributed by atoms with E-state index in [1.165, 1.54) is 11.1 Å². The van der Waals surface area contributed by atoms with Crippen molar-refractivity contribution >= 4 is 23.3 Å². The lowest BCUT2D eigenvalue weighted by atomic mass is 10.00. The van der Waals surface area contributed by atoms with Gasteiger partial charge in [0.1, 0.15) is 5.82 Å². The Hall–Kier alpha value is -2.85. The minimum atomic E-state index is -0.129. The molecule has 0 unspecified atom stereocenters. The zero-order valence-electron chi connectivity index (χ0n) is 14.9. The summed E-state index contributed by atoms with van der Waals surface area (Å²) in [6.45, 7) is 2.11. The Bertz CT molecular complexity index is 973. The first-order valence-electron chi connectivity index (χ1n) is 9.00. The van der Waals surface area contributed by atoms with Gasteiger partial charge in [0.2, 0.25) is 0 Å². The Morgan fingerprint density at radius 3 is 2.70 bits per heavy atom. The molecule has 1 amide bonds. The van der Waals surface area contributed by atoms with Crippen LogP contribution < -0.4 is 10.2 Å². The predicted molar refractivity (Wildman–Crippen MR) is 108 cm³/mol. The summed E-state index contributed by atoms with van der Waals surface area (Å²) in [5.74, 6) is 0.700. The van der Waals surface area contributed by atoms with Crippen molar-refractivity contribution in [3.05, 3.63) is 94.1 Å². The molecular formula is C22H20ClN3O. The molecule has 1 aromatic heterocycles. The molecule has 2 aromatic carbocycles. The summed E-state index contributed by atoms with van der Waals surface area (Å²) in [5, 5.41) is 3.59. The average molecular weight is 378 g/mol. The maximum absolute atomic E-state index is 12.6. The molecule has 5 heteroatoms. The molecule has 0 aliphatic carbocycles. The van der Waals surface area contributed by atoms with E-state index in [0.717, 1.165) is 30.9 Å². The molecule has 27 heavy (non-hydrogen) atoms. The molecule has 1 aliphatic heterocycles. The van der Waals surface area contributed by atoms with Crippen molar-refractivity contribution in [2.75, 3.05) is 11.4 Å². The van der Waals surface area contributed by atoms with Crippen LogP contribution in [0.15, 0.2) is 66.9 Å². The lowest BCUT2D eigenvalue weighted by Gasteiger charge is -2.29. The van der Waals surface area contributed by atoms with E-state index in [2.05, 4.69) is 39.5 Å². The lowest BCUT2D eigenvalue weighted by Crippen LogP contribution is -2.31. The first kappa shape index (κ1) is 17.6. The SMILES string of the molecule is O=C(NCc1ccccc1Cl)c1ccnc(N2CCc3ccccc3C2)c1. The van der Waals surface area contributed by atoms with E-state index < -0.39 is 0 Å². The Kier molecular flexibility index (Phi) is 5.07. The molecule has 3 aromatic rings. The number of benzene rings is 2. The number of amides is 1. The van der Waals surface area contributed by atoms with Crippen molar-refractivity contribution in [3.63, 3.8) is 0 Å². The highest BCUT2D eigenvalue weighted by atomic mass is 35.5. The molecule has 2 heterocycles. The molecule has 0 saturated carbocycles. The summed E-state index contributed by atoms with van der Waals surface area (Å²) in [7, 11) is 0. The second kappa shape index (κ2) is 7.80. The largest absolute Gasteiger partial charge is 0.352 e. The molecule has 4 rings (SSSR count). The van der Waals surface area contributed by atoms with Crippen LogP contribution in [0.3, 0.4) is 0 Å². The molecule has 0 bridgehead atoms. The Morgan fingerprint density at radius 2 is 1.85 bits per heavy atom. The highest BCUT2D eigenvalue weighted by molar-refractivity contribution is 6.31. The predicted octanol–water partition coefficient (Wildman–Crippen LogP) is 4.23. The van der Waals surface area contributed by atoms with Crippen LogP contribution in [0.2, 0.25) is 5.02 Å². The maximum atomic E-state index is 12.6. The van der Waals surface area contributed by atoms with Gasteiger partial charge >= 0.3 is 0 Å². The molecule has 4 nitrogen and oxygen atoms in total. The quantitative estimate of drug-likeness (QED) is 0.740. The summed E-state index contributed by atoms with van der Waals surface area (Å²) < 4.78 is 0. The van der Waals surface area contributed by atoms with Crippen molar-refractivity contribution in [1.29, 1.82) is 0 Å². The Labute approximate surface area is 163 Å². The van der Waals surface area contributed by atoms with Crippen molar-refractivity contribution in [1.82, 2.24) is 10.3 Å². The van der Waals surface area contributed by atoms with Gasteiger partial charge in [0.15, 0.2) is 0 Å². The van der Waals surface area contributed by atoms with Gasteiger partial charge in [-0.25, -0.2) is 4.98 Å². The third kappa shape index (κ3) is 3.96. The standard InChI is InChI=1S/C22H20ClN3O/c23-20-8-4-3-6-18(20)14-25-22(27)17-9-11-24-21(13-17)26-12-10-16-5-1-2-7-19(16)15-26/h1-9,11,13H,10,12,14-15H2,(H,25,27). The number of aromatic nitrogens is 1. The molecule has 0 radical (unpaired) electrons. The lowest BCUT2D eigenvalue weighted by molar-refractivity contribution is 0.0951. The molecule has 1 aliphatic rings. The summed E-state index contributed by atoms with van der Waals surface area (Å²) in [6.07, 6.45) is 2.68. The van der Waals surface area contributed by atoms with Crippen LogP contribution in [0.25, 0.3) is 0 Å². The van der Waals surface area contributed by atoms with Gasteiger partial charge in [-0.15, -0.1) is 0 Å². The van der Waals surface area contributed by atoms with Crippen molar-refractivity contribution in [2.24, 2.45) is 0 Å². The number of pyridine rings is 1. The second-order valence-corrected chi connectivity index (χ2v) is 7.02. The third-order valence-corrected chi connectivity index (χ3v) is 5.23. The summed E-state index contributed by atoms with van der Waals surface area (Å²) in [4.78, 5) is 19.3. The fraction of sp³-hybridized carbons (Fsp3) is 0.182. The second-order valence-electron chi connectivity index (χ2n) is 6.62. The van der Waals surface area contributed by atoms with Crippen molar-refractivity contribution in [3.8, 4) is 0 Å². The number of halogens is 1. The third-order valence-electron chi connectivity index (χ3n) is 4.86. The van der Waals surface area contributed by atoms with Gasteiger partial charge in [-0.05, 0) is 41.3 Å². The molecule has 0 saturated heterocycles. The van der Waals surface area contributed by atoms with Crippen LogP contribution in [0.1, 0.15) is 27.0 Å². The zero-order valence-corrected chi connectivity index (χ0v) is 15.6. The van der Waals surface area contributed by atoms with Crippen molar-refractivity contribution < 1.29 is 4.79 Å². The van der Waals surface area contributed by atoms with Gasteiger partial charge in [-0.1, -0.05) is 54.1 Å². The summed E-state index contributed by atoms with van der Waals surface area (Å²) in [6, 6.07) is 19.6. The van der Waals surface area contributed by atoms with Crippen LogP contribution >= 0.6 is 11.6 Å². The van der Waals surface area contributed by atoms with E-state index in [4.69, 9.17) is 11.6 Å². The van der Waals surface area contributed by atoms with Gasteiger partial charge in [-0.2, -0.15) is 0 Å². The maximum Gasteiger partial charge on any atom is 0.251 e. The number of rotatable bonds is 4. The van der Waals surface area contributed by atoms with Gasteiger partial charge in [0, 0.05) is 36.4 Å². The fourth-order valence-corrected chi connectivity index (χ4v) is 3.55. The minimum absolute atomic E-state index is 0.129. The van der Waals surface area contributed by atoms with Crippen LogP contribution in [-0.2, 0) is 19.5 Å². The van der Waals surface area contributed by atoms with Crippen LogP contribution in [-0.4, -0.2) is 17.4 Å². The van der Waals surface area contributed by atoms with Crippen LogP contribution in [0.4, 0.5) is 5.82 Å². The molecule has 0 spiro atoms. The number of hydrogen-bond acceptors (Lipinski definition) is 3. The molecule has 136 valence electrons. The number of nitrogens with one attached hydrogen (secondary N) is 1. The Balaban J connectivity index is 1.46. The number of nitrogens with zero attached hydrogens (tertiary/aromatic N) is 2. The molecule has 1 N–H and O–H groups in total. The normalized spacial score (nSPS) is 13.1. The van der Waals surface area contributed by atoms with E-state index in [0.29, 0.717) is 17.1 Å². The minimum Gasteiger partial charge on any atom is -0.352 e. The number of carbonyl (C=O) groups is 1. The number of anilines is 1. The molecule has 0 atom stereocenters. The van der Waals surface area contributed by atoms with E-state index in [-0.39, 0.29) is 5.91 Å². The van der Waals surface area contributed by atoms with Crippen LogP contribution in [0.5, 0.6) is 0 Å². The van der Waals surface area contributed by atoms with Crippen LogP contribution in [0, 0.1) is 0 Å². The number of hydrogen-bond donors (Lipinski definition) is 1. The number of fused-ring (bicyclic) bond motifs is 1. The molecule has 0 fully saturated rings. The van der Waals surface area contributed by atoms with E-state index in [1.807, 2.05) is 30.3 Å². The zero-order chi connectivity index (χ0) is 18.6. The summed E-state index contributed by atoms with van der Waals surface area (Å²) in [5.41, 5.74) is 4.21. The Morgan fingerprint density at radius 1 is 1.07 bits per heavy atom. The first-order valence-corrected chi connectivity index (χ1v) is 9.38. The van der Waals surface area contributed by atoms with Crippen molar-refractivity contribution in [2.45, 2.75) is 19.5 Å². The number of carbonyl (C=O) groups excluding carboxylic acids is 1. The van der Waals surface area contributed by atoms with Gasteiger partial charge in [-0.3, -0.25) is 4.79 Å². The van der Waals surface area contributed by atoms with Gasteiger partial charge in [0.05, 0.1) is 0 Å². The average Bonchev–Trinajstić information content (AvgIpc) is 2.72. The highest BCUT2D eigenvalue weighted by Gasteiger charge is 2.18. The smallest absolute Gasteiger partial charge is 0.251 e. The summed E-state index contributed by atoms with van der Waals surface area (Å²) >= 11 is 6.15. The van der Waals surface area contributed by atoms with Gasteiger partial charge in [0.25, 0.3) is 5.91 Å². The van der Waals surface area contributed by atoms with E-state index in [9.17, 15) is 4.79 Å². The first-order chi connectivity index (χ1) is 13.2. The monoisotopic (exact) mass is 377 g/mol. The van der Waals surface area contributed by atoms with Gasteiger partial charge < -0.3 is 10.2 Å².